The molecular weight excluding hydrogens is 254 g/mol. The summed E-state index contributed by atoms with van der Waals surface area (Å²) >= 11 is 0. The first-order chi connectivity index (χ1) is 9.61. The van der Waals surface area contributed by atoms with Gasteiger partial charge in [0.15, 0.2) is 12.2 Å². The molecule has 102 valence electrons. The lowest BCUT2D eigenvalue weighted by Crippen LogP contribution is -2.30. The number of nitrogens with zero attached hydrogens (tertiary/aromatic N) is 3. The van der Waals surface area contributed by atoms with Gasteiger partial charge >= 0.3 is 0 Å². The van der Waals surface area contributed by atoms with Crippen LogP contribution in [0, 0.1) is 17.2 Å². The molecular formula is C15H15N3O2. The number of carbonyl (C=O) groups excluding carboxylic acids is 1. The highest BCUT2D eigenvalue weighted by atomic mass is 16.3. The van der Waals surface area contributed by atoms with Crippen LogP contribution in [0.25, 0.3) is 11.3 Å². The molecule has 2 rings (SSSR count). The Labute approximate surface area is 117 Å². The van der Waals surface area contributed by atoms with Crippen molar-refractivity contribution in [1.29, 1.82) is 5.26 Å². The zero-order valence-corrected chi connectivity index (χ0v) is 11.4. The number of nitriles is 1. The highest BCUT2D eigenvalue weighted by molar-refractivity contribution is 5.94. The average Bonchev–Trinajstić information content (AvgIpc) is 3.00. The number of hydrogen-bond acceptors (Lipinski definition) is 4. The van der Waals surface area contributed by atoms with E-state index in [0.717, 1.165) is 5.56 Å². The van der Waals surface area contributed by atoms with Gasteiger partial charge in [-0.3, -0.25) is 4.79 Å². The van der Waals surface area contributed by atoms with Gasteiger partial charge in [-0.25, -0.2) is 4.98 Å². The summed E-state index contributed by atoms with van der Waals surface area (Å²) in [4.78, 5) is 17.6. The number of carbonyl (C=O) groups is 1. The minimum absolute atomic E-state index is 0.101. The van der Waals surface area contributed by atoms with Crippen molar-refractivity contribution in [3.8, 4) is 17.4 Å². The van der Waals surface area contributed by atoms with Gasteiger partial charge in [-0.1, -0.05) is 12.1 Å². The number of oxazole rings is 1. The molecule has 0 aliphatic heterocycles. The monoisotopic (exact) mass is 269 g/mol. The summed E-state index contributed by atoms with van der Waals surface area (Å²) < 4.78 is 5.19. The van der Waals surface area contributed by atoms with E-state index in [1.807, 2.05) is 12.1 Å². The average molecular weight is 269 g/mol. The van der Waals surface area contributed by atoms with Crippen LogP contribution in [0.15, 0.2) is 41.3 Å². The van der Waals surface area contributed by atoms with Gasteiger partial charge in [0.25, 0.3) is 5.91 Å². The molecule has 5 heteroatoms. The SMILES string of the molecule is CC(C#N)CN(C)C(=O)c1ccc(-c2cnco2)cc1. The Hall–Kier alpha value is -2.61. The first-order valence-electron chi connectivity index (χ1n) is 6.26. The van der Waals surface area contributed by atoms with Gasteiger partial charge in [-0.05, 0) is 19.1 Å². The normalized spacial score (nSPS) is 11.7. The summed E-state index contributed by atoms with van der Waals surface area (Å²) in [7, 11) is 1.69. The Morgan fingerprint density at radius 3 is 2.70 bits per heavy atom. The van der Waals surface area contributed by atoms with Crippen LogP contribution in [-0.2, 0) is 0 Å². The highest BCUT2D eigenvalue weighted by Gasteiger charge is 2.14. The summed E-state index contributed by atoms with van der Waals surface area (Å²) in [5.74, 6) is 0.379. The third kappa shape index (κ3) is 3.04. The highest BCUT2D eigenvalue weighted by Crippen LogP contribution is 2.19. The summed E-state index contributed by atoms with van der Waals surface area (Å²) in [5, 5.41) is 8.77. The molecule has 0 spiro atoms. The molecule has 2 aromatic rings. The van der Waals surface area contributed by atoms with Crippen LogP contribution in [0.4, 0.5) is 0 Å². The molecule has 1 aromatic carbocycles. The molecule has 0 aliphatic carbocycles. The van der Waals surface area contributed by atoms with Crippen LogP contribution >= 0.6 is 0 Å². The van der Waals surface area contributed by atoms with E-state index in [-0.39, 0.29) is 11.8 Å². The van der Waals surface area contributed by atoms with Crippen molar-refractivity contribution in [3.63, 3.8) is 0 Å². The summed E-state index contributed by atoms with van der Waals surface area (Å²) in [6.07, 6.45) is 2.99. The zero-order chi connectivity index (χ0) is 14.5. The lowest BCUT2D eigenvalue weighted by molar-refractivity contribution is 0.0785. The second-order valence-corrected chi connectivity index (χ2v) is 4.66. The largest absolute Gasteiger partial charge is 0.444 e. The smallest absolute Gasteiger partial charge is 0.253 e. The molecule has 0 radical (unpaired) electrons. The van der Waals surface area contributed by atoms with E-state index in [2.05, 4.69) is 11.1 Å². The fourth-order valence-corrected chi connectivity index (χ4v) is 1.89. The van der Waals surface area contributed by atoms with Crippen molar-refractivity contribution in [3.05, 3.63) is 42.4 Å². The number of aromatic nitrogens is 1. The predicted octanol–water partition coefficient (Wildman–Crippen LogP) is 2.57. The molecule has 1 amide bonds. The molecule has 5 nitrogen and oxygen atoms in total. The number of benzene rings is 1. The Morgan fingerprint density at radius 1 is 1.45 bits per heavy atom. The second kappa shape index (κ2) is 6.02. The van der Waals surface area contributed by atoms with Crippen molar-refractivity contribution in [2.75, 3.05) is 13.6 Å². The standard InChI is InChI=1S/C15H15N3O2/c1-11(7-16)9-18(2)15(19)13-5-3-12(4-6-13)14-8-17-10-20-14/h3-6,8,10-11H,9H2,1-2H3. The van der Waals surface area contributed by atoms with Crippen LogP contribution < -0.4 is 0 Å². The molecule has 20 heavy (non-hydrogen) atoms. The Kier molecular flexibility index (Phi) is 4.16. The first-order valence-corrected chi connectivity index (χ1v) is 6.26. The molecule has 1 atom stereocenters. The molecule has 1 heterocycles. The maximum atomic E-state index is 12.2. The number of rotatable bonds is 4. The minimum atomic E-state index is -0.183. The Balaban J connectivity index is 2.10. The maximum absolute atomic E-state index is 12.2. The zero-order valence-electron chi connectivity index (χ0n) is 11.4. The first kappa shape index (κ1) is 13.8. The van der Waals surface area contributed by atoms with E-state index < -0.39 is 0 Å². The van der Waals surface area contributed by atoms with Gasteiger partial charge in [0.1, 0.15) is 0 Å². The Bertz CT molecular complexity index is 612. The van der Waals surface area contributed by atoms with E-state index in [1.54, 1.807) is 37.2 Å². The van der Waals surface area contributed by atoms with Gasteiger partial charge in [-0.15, -0.1) is 0 Å². The Morgan fingerprint density at radius 2 is 2.15 bits per heavy atom. The van der Waals surface area contributed by atoms with E-state index in [1.165, 1.54) is 6.39 Å². The molecule has 0 fully saturated rings. The maximum Gasteiger partial charge on any atom is 0.253 e. The third-order valence-electron chi connectivity index (χ3n) is 2.96. The van der Waals surface area contributed by atoms with Crippen molar-refractivity contribution in [2.24, 2.45) is 5.92 Å². The lowest BCUT2D eigenvalue weighted by Gasteiger charge is -2.18. The summed E-state index contributed by atoms with van der Waals surface area (Å²) in [6, 6.07) is 9.23. The van der Waals surface area contributed by atoms with Gasteiger partial charge < -0.3 is 9.32 Å². The van der Waals surface area contributed by atoms with Crippen molar-refractivity contribution >= 4 is 5.91 Å². The van der Waals surface area contributed by atoms with E-state index in [9.17, 15) is 4.79 Å². The molecule has 0 N–H and O–H groups in total. The van der Waals surface area contributed by atoms with Gasteiger partial charge in [0, 0.05) is 24.7 Å². The van der Waals surface area contributed by atoms with Gasteiger partial charge in [-0.2, -0.15) is 5.26 Å². The molecule has 1 unspecified atom stereocenters. The quantitative estimate of drug-likeness (QED) is 0.855. The van der Waals surface area contributed by atoms with Crippen molar-refractivity contribution in [1.82, 2.24) is 9.88 Å². The number of amides is 1. The summed E-state index contributed by atoms with van der Waals surface area (Å²) in [6.45, 7) is 2.20. The predicted molar refractivity (Wildman–Crippen MR) is 73.7 cm³/mol. The number of hydrogen-bond donors (Lipinski definition) is 0. The molecule has 0 saturated heterocycles. The van der Waals surface area contributed by atoms with Crippen LogP contribution in [0.5, 0.6) is 0 Å². The summed E-state index contributed by atoms with van der Waals surface area (Å²) in [5.41, 5.74) is 1.45. The van der Waals surface area contributed by atoms with Crippen molar-refractivity contribution < 1.29 is 9.21 Å². The third-order valence-corrected chi connectivity index (χ3v) is 2.96. The van der Waals surface area contributed by atoms with Crippen LogP contribution in [0.2, 0.25) is 0 Å². The van der Waals surface area contributed by atoms with Gasteiger partial charge in [0.05, 0.1) is 18.2 Å². The minimum Gasteiger partial charge on any atom is -0.444 e. The molecule has 0 saturated carbocycles. The second-order valence-electron chi connectivity index (χ2n) is 4.66. The van der Waals surface area contributed by atoms with Gasteiger partial charge in [0.2, 0.25) is 0 Å². The van der Waals surface area contributed by atoms with E-state index in [0.29, 0.717) is 17.9 Å². The molecule has 1 aromatic heterocycles. The molecule has 0 bridgehead atoms. The topological polar surface area (TPSA) is 70.1 Å². The van der Waals surface area contributed by atoms with E-state index in [4.69, 9.17) is 9.68 Å². The van der Waals surface area contributed by atoms with Crippen LogP contribution in [0.1, 0.15) is 17.3 Å². The molecule has 0 aliphatic rings. The van der Waals surface area contributed by atoms with Crippen LogP contribution in [-0.4, -0.2) is 29.4 Å². The van der Waals surface area contributed by atoms with Crippen LogP contribution in [0.3, 0.4) is 0 Å². The lowest BCUT2D eigenvalue weighted by atomic mass is 10.1. The fraction of sp³-hybridized carbons (Fsp3) is 0.267. The van der Waals surface area contributed by atoms with E-state index >= 15 is 0 Å². The fourth-order valence-electron chi connectivity index (χ4n) is 1.89. The van der Waals surface area contributed by atoms with Crippen molar-refractivity contribution in [2.45, 2.75) is 6.92 Å².